The van der Waals surface area contributed by atoms with Crippen LogP contribution in [0.2, 0.25) is 0 Å². The van der Waals surface area contributed by atoms with Crippen LogP contribution in [0.1, 0.15) is 38.2 Å². The van der Waals surface area contributed by atoms with Gasteiger partial charge in [0.15, 0.2) is 0 Å². The van der Waals surface area contributed by atoms with Crippen LogP contribution in [0.4, 0.5) is 0 Å². The Morgan fingerprint density at radius 3 is 2.39 bits per heavy atom. The molecule has 0 radical (unpaired) electrons. The van der Waals surface area contributed by atoms with Crippen molar-refractivity contribution in [3.8, 4) is 0 Å². The van der Waals surface area contributed by atoms with Gasteiger partial charge < -0.3 is 5.32 Å². The Morgan fingerprint density at radius 2 is 1.72 bits per heavy atom. The number of rotatable bonds is 6. The second-order valence-electron chi connectivity index (χ2n) is 5.56. The van der Waals surface area contributed by atoms with Crippen LogP contribution >= 0.6 is 0 Å². The fourth-order valence-electron chi connectivity index (χ4n) is 2.72. The molecule has 0 aliphatic carbocycles. The summed E-state index contributed by atoms with van der Waals surface area (Å²) in [6.07, 6.45) is 2.76. The summed E-state index contributed by atoms with van der Waals surface area (Å²) in [7, 11) is 0. The minimum absolute atomic E-state index is 0.594. The van der Waals surface area contributed by atoms with E-state index in [0.29, 0.717) is 12.0 Å². The highest BCUT2D eigenvalue weighted by Crippen LogP contribution is 2.14. The zero-order valence-corrected chi connectivity index (χ0v) is 11.7. The molecular formula is C16H26N2. The second kappa shape index (κ2) is 6.91. The minimum atomic E-state index is 0.594. The Bertz CT molecular complexity index is 330. The van der Waals surface area contributed by atoms with Gasteiger partial charge in [0.25, 0.3) is 0 Å². The van der Waals surface area contributed by atoms with Crippen molar-refractivity contribution in [2.75, 3.05) is 26.2 Å². The summed E-state index contributed by atoms with van der Waals surface area (Å²) in [5.41, 5.74) is 1.43. The van der Waals surface area contributed by atoms with Gasteiger partial charge in [-0.2, -0.15) is 0 Å². The summed E-state index contributed by atoms with van der Waals surface area (Å²) in [4.78, 5) is 2.60. The van der Waals surface area contributed by atoms with Gasteiger partial charge in [0, 0.05) is 19.1 Å². The number of nitrogens with one attached hydrogen (secondary N) is 1. The summed E-state index contributed by atoms with van der Waals surface area (Å²) >= 11 is 0. The topological polar surface area (TPSA) is 15.3 Å². The van der Waals surface area contributed by atoms with E-state index in [9.17, 15) is 0 Å². The fourth-order valence-corrected chi connectivity index (χ4v) is 2.72. The summed E-state index contributed by atoms with van der Waals surface area (Å²) in [5, 5.41) is 3.62. The van der Waals surface area contributed by atoms with Gasteiger partial charge in [0.2, 0.25) is 0 Å². The van der Waals surface area contributed by atoms with Crippen LogP contribution in [0.25, 0.3) is 0 Å². The molecule has 2 heteroatoms. The van der Waals surface area contributed by atoms with Crippen LogP contribution in [0.5, 0.6) is 0 Å². The first kappa shape index (κ1) is 13.6. The quantitative estimate of drug-likeness (QED) is 0.830. The lowest BCUT2D eigenvalue weighted by molar-refractivity contribution is 0.251. The lowest BCUT2D eigenvalue weighted by Gasteiger charge is -2.24. The van der Waals surface area contributed by atoms with Gasteiger partial charge in [-0.05, 0) is 44.3 Å². The minimum Gasteiger partial charge on any atom is -0.315 e. The Kier molecular flexibility index (Phi) is 5.21. The number of hydrogen-bond acceptors (Lipinski definition) is 2. The van der Waals surface area contributed by atoms with E-state index < -0.39 is 0 Å². The smallest absolute Gasteiger partial charge is 0.0192 e. The largest absolute Gasteiger partial charge is 0.315 e. The highest BCUT2D eigenvalue weighted by molar-refractivity contribution is 5.18. The fraction of sp³-hybridized carbons (Fsp3) is 0.625. The molecule has 1 aromatic carbocycles. The summed E-state index contributed by atoms with van der Waals surface area (Å²) in [6, 6.07) is 11.4. The number of hydrogen-bond donors (Lipinski definition) is 1. The van der Waals surface area contributed by atoms with Crippen LogP contribution in [0.3, 0.4) is 0 Å². The van der Waals surface area contributed by atoms with Crippen LogP contribution in [0.15, 0.2) is 30.3 Å². The molecule has 2 atom stereocenters. The molecule has 0 amide bonds. The molecule has 1 saturated heterocycles. The van der Waals surface area contributed by atoms with Crippen molar-refractivity contribution in [2.24, 2.45) is 0 Å². The Balaban J connectivity index is 1.68. The number of nitrogens with zero attached hydrogens (tertiary/aromatic N) is 1. The molecule has 18 heavy (non-hydrogen) atoms. The molecule has 0 bridgehead atoms. The third-order valence-corrected chi connectivity index (χ3v) is 4.02. The monoisotopic (exact) mass is 246 g/mol. The molecule has 1 aromatic rings. The molecule has 1 heterocycles. The van der Waals surface area contributed by atoms with E-state index in [-0.39, 0.29) is 0 Å². The van der Waals surface area contributed by atoms with Gasteiger partial charge in [0.05, 0.1) is 0 Å². The van der Waals surface area contributed by atoms with Crippen molar-refractivity contribution in [2.45, 2.75) is 38.6 Å². The molecule has 1 fully saturated rings. The number of likely N-dealkylation sites (tertiary alicyclic amines) is 1. The molecule has 0 saturated carbocycles. The first-order chi connectivity index (χ1) is 8.77. The van der Waals surface area contributed by atoms with Gasteiger partial charge in [-0.15, -0.1) is 0 Å². The second-order valence-corrected chi connectivity index (χ2v) is 5.56. The van der Waals surface area contributed by atoms with Crippen molar-refractivity contribution >= 4 is 0 Å². The molecule has 100 valence electrons. The van der Waals surface area contributed by atoms with Crippen LogP contribution in [-0.2, 0) is 0 Å². The van der Waals surface area contributed by atoms with E-state index in [2.05, 4.69) is 54.4 Å². The van der Waals surface area contributed by atoms with E-state index in [1.807, 2.05) is 0 Å². The highest BCUT2D eigenvalue weighted by atomic mass is 15.2. The molecular weight excluding hydrogens is 220 g/mol. The van der Waals surface area contributed by atoms with Crippen molar-refractivity contribution < 1.29 is 0 Å². The predicted molar refractivity (Wildman–Crippen MR) is 78.0 cm³/mol. The SMILES string of the molecule is CC(CNCC(C)N1CCCC1)c1ccccc1. The van der Waals surface area contributed by atoms with Gasteiger partial charge in [0.1, 0.15) is 0 Å². The van der Waals surface area contributed by atoms with E-state index in [1.165, 1.54) is 31.5 Å². The summed E-state index contributed by atoms with van der Waals surface area (Å²) in [5.74, 6) is 0.594. The standard InChI is InChI=1S/C16H26N2/c1-14(16-8-4-3-5-9-16)12-17-13-15(2)18-10-6-7-11-18/h3-5,8-9,14-15,17H,6-7,10-13H2,1-2H3. The van der Waals surface area contributed by atoms with Gasteiger partial charge in [-0.1, -0.05) is 37.3 Å². The Hall–Kier alpha value is -0.860. The molecule has 1 N–H and O–H groups in total. The molecule has 0 aromatic heterocycles. The van der Waals surface area contributed by atoms with E-state index in [0.717, 1.165) is 13.1 Å². The van der Waals surface area contributed by atoms with Crippen molar-refractivity contribution in [3.05, 3.63) is 35.9 Å². The van der Waals surface area contributed by atoms with Crippen LogP contribution in [-0.4, -0.2) is 37.1 Å². The maximum absolute atomic E-state index is 3.62. The Morgan fingerprint density at radius 1 is 1.06 bits per heavy atom. The van der Waals surface area contributed by atoms with E-state index in [1.54, 1.807) is 0 Å². The highest BCUT2D eigenvalue weighted by Gasteiger charge is 2.17. The zero-order valence-electron chi connectivity index (χ0n) is 11.7. The van der Waals surface area contributed by atoms with Crippen molar-refractivity contribution in [3.63, 3.8) is 0 Å². The summed E-state index contributed by atoms with van der Waals surface area (Å²) < 4.78 is 0. The maximum Gasteiger partial charge on any atom is 0.0192 e. The number of benzene rings is 1. The molecule has 2 rings (SSSR count). The third kappa shape index (κ3) is 3.82. The molecule has 2 nitrogen and oxygen atoms in total. The van der Waals surface area contributed by atoms with Gasteiger partial charge in [-0.25, -0.2) is 0 Å². The molecule has 1 aliphatic heterocycles. The Labute approximate surface area is 111 Å². The molecule has 1 aliphatic rings. The van der Waals surface area contributed by atoms with Crippen LogP contribution in [0, 0.1) is 0 Å². The molecule has 0 spiro atoms. The zero-order chi connectivity index (χ0) is 12.8. The third-order valence-electron chi connectivity index (χ3n) is 4.02. The van der Waals surface area contributed by atoms with E-state index in [4.69, 9.17) is 0 Å². The maximum atomic E-state index is 3.62. The van der Waals surface area contributed by atoms with Crippen LogP contribution < -0.4 is 5.32 Å². The summed E-state index contributed by atoms with van der Waals surface area (Å²) in [6.45, 7) is 9.39. The normalized spacial score (nSPS) is 19.9. The molecule has 2 unspecified atom stereocenters. The van der Waals surface area contributed by atoms with Crippen molar-refractivity contribution in [1.82, 2.24) is 10.2 Å². The predicted octanol–water partition coefficient (Wildman–Crippen LogP) is 2.86. The van der Waals surface area contributed by atoms with Gasteiger partial charge in [-0.3, -0.25) is 4.90 Å². The van der Waals surface area contributed by atoms with Crippen molar-refractivity contribution in [1.29, 1.82) is 0 Å². The van der Waals surface area contributed by atoms with Gasteiger partial charge >= 0.3 is 0 Å². The lowest BCUT2D eigenvalue weighted by atomic mass is 10.0. The average Bonchev–Trinajstić information content (AvgIpc) is 2.93. The first-order valence-electron chi connectivity index (χ1n) is 7.27. The van der Waals surface area contributed by atoms with E-state index >= 15 is 0 Å². The first-order valence-corrected chi connectivity index (χ1v) is 7.27. The average molecular weight is 246 g/mol. The lowest BCUT2D eigenvalue weighted by Crippen LogP contribution is -2.39.